The number of ether oxygens (including phenoxy) is 5. The molecule has 0 N–H and O–H groups in total. The average molecular weight is 1010 g/mol. The Morgan fingerprint density at radius 3 is 0.562 bits per heavy atom. The van der Waals surface area contributed by atoms with E-state index in [9.17, 15) is 36.0 Å². The molecule has 15 nitrogen and oxygen atoms in total. The zero-order valence-electron chi connectivity index (χ0n) is 37.8. The summed E-state index contributed by atoms with van der Waals surface area (Å²) in [6.45, 7) is 0. The lowest BCUT2D eigenvalue weighted by Crippen LogP contribution is -2.29. The zero-order chi connectivity index (χ0) is 50.7. The van der Waals surface area contributed by atoms with Crippen LogP contribution in [-0.2, 0) is 38.9 Å². The van der Waals surface area contributed by atoms with Crippen LogP contribution in [0, 0.1) is 0 Å². The molecule has 360 valence electrons. The van der Waals surface area contributed by atoms with Crippen LogP contribution in [0.4, 0.5) is 11.4 Å². The number of carbonyl (C=O) groups excluding carboxylic acids is 4. The molecule has 10 rings (SSSR count). The van der Waals surface area contributed by atoms with Gasteiger partial charge in [-0.3, -0.25) is 19.2 Å². The van der Waals surface area contributed by atoms with Gasteiger partial charge in [-0.15, -0.1) is 0 Å². The predicted octanol–water partition coefficient (Wildman–Crippen LogP) is 11.2. The van der Waals surface area contributed by atoms with Crippen LogP contribution < -0.4 is 33.5 Å². The highest BCUT2D eigenvalue weighted by molar-refractivity contribution is 7.91. The van der Waals surface area contributed by atoms with Crippen molar-refractivity contribution >= 4 is 54.7 Å². The van der Waals surface area contributed by atoms with Gasteiger partial charge in [-0.2, -0.15) is 0 Å². The number of amides is 4. The summed E-state index contributed by atoms with van der Waals surface area (Å²) in [6.07, 6.45) is 4.81. The van der Waals surface area contributed by atoms with Crippen LogP contribution in [0.3, 0.4) is 0 Å². The number of benzene rings is 8. The van der Waals surface area contributed by atoms with Gasteiger partial charge in [0.25, 0.3) is 23.6 Å². The van der Waals surface area contributed by atoms with Gasteiger partial charge in [0, 0.05) is 24.3 Å². The highest BCUT2D eigenvalue weighted by atomic mass is 32.2. The smallest absolute Gasteiger partial charge is 0.258 e. The van der Waals surface area contributed by atoms with Crippen molar-refractivity contribution < 1.29 is 59.7 Å². The van der Waals surface area contributed by atoms with Crippen LogP contribution >= 0.6 is 0 Å². The second kappa shape index (κ2) is 19.7. The Labute approximate surface area is 417 Å². The SMILES string of the molecule is O=C1C=CC(=O)N1c1ccc(Oc2ccc(S(=O)(=O)c3ccc(Oc4ccc(Oc5ccc(Oc6ccc(S(=O)(=O)c7ccc(Oc8ccc(N9C(=O)C=CC9=O)cc8)cc7)cc6)cc5)cc4)cc3)cc2)cc1. The normalized spacial score (nSPS) is 13.4. The molecule has 4 amide bonds. The maximum atomic E-state index is 13.4. The minimum atomic E-state index is -3.87. The van der Waals surface area contributed by atoms with E-state index in [4.69, 9.17) is 23.7 Å². The number of sulfone groups is 2. The lowest BCUT2D eigenvalue weighted by molar-refractivity contribution is -0.121. The minimum absolute atomic E-state index is 0.0642. The fraction of sp³-hybridized carbons (Fsp3) is 0. The first-order valence-corrected chi connectivity index (χ1v) is 25.0. The molecule has 0 atom stereocenters. The van der Waals surface area contributed by atoms with E-state index in [0.29, 0.717) is 68.9 Å². The topological polar surface area (TPSA) is 189 Å². The van der Waals surface area contributed by atoms with Crippen LogP contribution in [0.5, 0.6) is 57.5 Å². The maximum Gasteiger partial charge on any atom is 0.258 e. The molecule has 8 aromatic carbocycles. The lowest BCUT2D eigenvalue weighted by atomic mass is 10.2. The molecule has 8 aromatic rings. The first-order valence-electron chi connectivity index (χ1n) is 22.1. The van der Waals surface area contributed by atoms with Crippen LogP contribution in [-0.4, -0.2) is 40.5 Å². The molecule has 73 heavy (non-hydrogen) atoms. The van der Waals surface area contributed by atoms with Crippen LogP contribution in [0.25, 0.3) is 0 Å². The van der Waals surface area contributed by atoms with Gasteiger partial charge in [0.05, 0.1) is 31.0 Å². The molecule has 0 spiro atoms. The molecule has 0 unspecified atom stereocenters. The van der Waals surface area contributed by atoms with E-state index >= 15 is 0 Å². The van der Waals surface area contributed by atoms with Crippen molar-refractivity contribution in [1.82, 2.24) is 0 Å². The third-order valence-electron chi connectivity index (χ3n) is 11.2. The summed E-state index contributed by atoms with van der Waals surface area (Å²) in [5.74, 6) is 2.80. The van der Waals surface area contributed by atoms with E-state index in [1.807, 2.05) is 0 Å². The fourth-order valence-corrected chi connectivity index (χ4v) is 10.0. The average Bonchev–Trinajstić information content (AvgIpc) is 3.93. The molecule has 17 heteroatoms. The molecule has 0 fully saturated rings. The molecule has 2 aliphatic heterocycles. The summed E-state index contributed by atoms with van der Waals surface area (Å²) in [5.41, 5.74) is 0.805. The summed E-state index contributed by atoms with van der Waals surface area (Å²) in [7, 11) is -7.74. The van der Waals surface area contributed by atoms with E-state index in [-0.39, 0.29) is 19.6 Å². The van der Waals surface area contributed by atoms with Gasteiger partial charge in [-0.1, -0.05) is 0 Å². The van der Waals surface area contributed by atoms with Crippen LogP contribution in [0.15, 0.2) is 238 Å². The third-order valence-corrected chi connectivity index (χ3v) is 14.7. The van der Waals surface area contributed by atoms with Crippen molar-refractivity contribution in [3.63, 3.8) is 0 Å². The number of hydrogen-bond donors (Lipinski definition) is 0. The van der Waals surface area contributed by atoms with E-state index in [2.05, 4.69) is 0 Å². The molecule has 0 radical (unpaired) electrons. The van der Waals surface area contributed by atoms with E-state index in [0.717, 1.165) is 9.80 Å². The highest BCUT2D eigenvalue weighted by Gasteiger charge is 2.26. The Morgan fingerprint density at radius 1 is 0.233 bits per heavy atom. The van der Waals surface area contributed by atoms with Crippen LogP contribution in [0.2, 0.25) is 0 Å². The maximum absolute atomic E-state index is 13.4. The van der Waals surface area contributed by atoms with Crippen molar-refractivity contribution in [3.05, 3.63) is 218 Å². The van der Waals surface area contributed by atoms with Gasteiger partial charge < -0.3 is 23.7 Å². The van der Waals surface area contributed by atoms with Gasteiger partial charge in [0.1, 0.15) is 57.5 Å². The number of rotatable bonds is 16. The standard InChI is InChI=1S/C56H36N2O13S2/c59-53-33-34-54(60)57(53)37-1-5-39(6-2-37)67-45-17-25-49(26-18-45)72(63,64)51-29-21-47(22-30-51)70-43-13-9-41(10-14-43)69-42-11-15-44(16-12-42)71-48-23-31-52(32-24-48)73(65,66)50-27-19-46(20-28-50)68-40-7-3-38(4-8-40)58-55(61)35-36-56(58)62/h1-36H. The van der Waals surface area contributed by atoms with Gasteiger partial charge in [-0.25, -0.2) is 26.6 Å². The number of anilines is 2. The van der Waals surface area contributed by atoms with Crippen molar-refractivity contribution in [3.8, 4) is 57.5 Å². The van der Waals surface area contributed by atoms with E-state index in [1.165, 1.54) is 97.1 Å². The molecular formula is C56H36N2O13S2. The minimum Gasteiger partial charge on any atom is -0.457 e. The zero-order valence-corrected chi connectivity index (χ0v) is 39.4. The van der Waals surface area contributed by atoms with Gasteiger partial charge in [-0.05, 0) is 194 Å². The van der Waals surface area contributed by atoms with Crippen molar-refractivity contribution in [2.45, 2.75) is 19.6 Å². The van der Waals surface area contributed by atoms with Crippen molar-refractivity contribution in [2.75, 3.05) is 9.80 Å². The molecular weight excluding hydrogens is 973 g/mol. The number of imide groups is 2. The van der Waals surface area contributed by atoms with E-state index in [1.54, 1.807) is 121 Å². The molecule has 0 aliphatic carbocycles. The van der Waals surface area contributed by atoms with Crippen molar-refractivity contribution in [1.29, 1.82) is 0 Å². The summed E-state index contributed by atoms with van der Waals surface area (Å²) in [6, 6.07) is 50.5. The Hall–Kier alpha value is -9.58. The second-order valence-electron chi connectivity index (χ2n) is 16.0. The summed E-state index contributed by atoms with van der Waals surface area (Å²) in [4.78, 5) is 50.2. The predicted molar refractivity (Wildman–Crippen MR) is 266 cm³/mol. The van der Waals surface area contributed by atoms with Gasteiger partial charge >= 0.3 is 0 Å². The summed E-state index contributed by atoms with van der Waals surface area (Å²) in [5, 5.41) is 0. The number of nitrogens with zero attached hydrogens (tertiary/aromatic N) is 2. The Balaban J connectivity index is 0.684. The van der Waals surface area contributed by atoms with Crippen molar-refractivity contribution in [2.24, 2.45) is 0 Å². The largest absolute Gasteiger partial charge is 0.457 e. The first-order chi connectivity index (χ1) is 35.2. The lowest BCUT2D eigenvalue weighted by Gasteiger charge is -2.14. The third kappa shape index (κ3) is 10.3. The monoisotopic (exact) mass is 1010 g/mol. The molecule has 2 aliphatic rings. The molecule has 0 saturated heterocycles. The Kier molecular flexibility index (Phi) is 12.7. The first kappa shape index (κ1) is 47.1. The molecule has 0 bridgehead atoms. The summed E-state index contributed by atoms with van der Waals surface area (Å²) < 4.78 is 83.4. The number of carbonyl (C=O) groups is 4. The molecule has 2 heterocycles. The fourth-order valence-electron chi connectivity index (χ4n) is 7.49. The Bertz CT molecular complexity index is 3410. The molecule has 0 aromatic heterocycles. The van der Waals surface area contributed by atoms with Gasteiger partial charge in [0.2, 0.25) is 19.7 Å². The quantitative estimate of drug-likeness (QED) is 0.0832. The summed E-state index contributed by atoms with van der Waals surface area (Å²) >= 11 is 0. The number of hydrogen-bond acceptors (Lipinski definition) is 13. The highest BCUT2D eigenvalue weighted by Crippen LogP contribution is 2.34. The Morgan fingerprint density at radius 2 is 0.384 bits per heavy atom. The van der Waals surface area contributed by atoms with Crippen LogP contribution in [0.1, 0.15) is 0 Å². The second-order valence-corrected chi connectivity index (χ2v) is 19.9. The van der Waals surface area contributed by atoms with Gasteiger partial charge in [0.15, 0.2) is 0 Å². The van der Waals surface area contributed by atoms with E-state index < -0.39 is 43.3 Å². The molecule has 0 saturated carbocycles.